The van der Waals surface area contributed by atoms with Crippen molar-refractivity contribution in [2.24, 2.45) is 0 Å². The van der Waals surface area contributed by atoms with E-state index in [2.05, 4.69) is 35.8 Å². The Bertz CT molecular complexity index is 1750. The van der Waals surface area contributed by atoms with Crippen LogP contribution in [0, 0.1) is 5.82 Å². The summed E-state index contributed by atoms with van der Waals surface area (Å²) in [6.07, 6.45) is -3.35. The zero-order valence-corrected chi connectivity index (χ0v) is 28.7. The van der Waals surface area contributed by atoms with Crippen LogP contribution in [0.3, 0.4) is 0 Å². The van der Waals surface area contributed by atoms with Crippen LogP contribution in [-0.2, 0) is 34.3 Å². The van der Waals surface area contributed by atoms with Gasteiger partial charge in [0, 0.05) is 68.2 Å². The Morgan fingerprint density at radius 1 is 0.860 bits per heavy atom. The molecule has 3 aromatic rings. The fraction of sp³-hybridized carbons (Fsp3) is 0.400. The third-order valence-corrected chi connectivity index (χ3v) is 10.6. The minimum Gasteiger partial charge on any atom is -0.322 e. The van der Waals surface area contributed by atoms with Crippen LogP contribution in [0.4, 0.5) is 23.7 Å². The van der Waals surface area contributed by atoms with Gasteiger partial charge in [0.2, 0.25) is 0 Å². The number of anilines is 1. The van der Waals surface area contributed by atoms with Gasteiger partial charge in [-0.15, -0.1) is 0 Å². The van der Waals surface area contributed by atoms with Gasteiger partial charge in [0.1, 0.15) is 5.82 Å². The number of piperazine rings is 1. The number of amides is 4. The molecule has 0 spiro atoms. The van der Waals surface area contributed by atoms with Crippen molar-refractivity contribution in [3.8, 4) is 0 Å². The second-order valence-electron chi connectivity index (χ2n) is 12.8. The standard InChI is InChI=1S/C35H41F3N6O5S/c1-24-19-41(21-26-6-4-3-5-7-26)20-25(2)43(24)22-27-8-12-30(13-9-27)44(35(47)42-14-16-50(48,49)17-15-42)23-29-11-10-28(18-31(29)36)33(45)39-40-34(46)32(37)38/h3-13,18,24-25,32H,14-17,19-23H2,1-2H3,(H,39,45)(H,40,46)/t24-,25+. The Balaban J connectivity index is 1.30. The van der Waals surface area contributed by atoms with Crippen molar-refractivity contribution >= 4 is 33.4 Å². The fourth-order valence-electron chi connectivity index (χ4n) is 6.32. The molecule has 2 saturated heterocycles. The van der Waals surface area contributed by atoms with Crippen LogP contribution in [0.1, 0.15) is 40.9 Å². The Hall–Kier alpha value is -4.47. The van der Waals surface area contributed by atoms with Gasteiger partial charge in [-0.1, -0.05) is 48.5 Å². The maximum Gasteiger partial charge on any atom is 0.324 e. The van der Waals surface area contributed by atoms with Gasteiger partial charge in [0.25, 0.3) is 5.91 Å². The lowest BCUT2D eigenvalue weighted by atomic mass is 10.0. The molecule has 0 unspecified atom stereocenters. The summed E-state index contributed by atoms with van der Waals surface area (Å²) >= 11 is 0. The van der Waals surface area contributed by atoms with Gasteiger partial charge in [-0.3, -0.25) is 35.1 Å². The highest BCUT2D eigenvalue weighted by Crippen LogP contribution is 2.25. The molecule has 2 fully saturated rings. The molecule has 268 valence electrons. The van der Waals surface area contributed by atoms with E-state index in [0.29, 0.717) is 24.3 Å². The Labute approximate surface area is 289 Å². The van der Waals surface area contributed by atoms with Gasteiger partial charge in [-0.05, 0) is 49.2 Å². The Morgan fingerprint density at radius 3 is 2.08 bits per heavy atom. The summed E-state index contributed by atoms with van der Waals surface area (Å²) in [5.41, 5.74) is 5.94. The molecule has 0 aromatic heterocycles. The highest BCUT2D eigenvalue weighted by molar-refractivity contribution is 7.91. The fourth-order valence-corrected chi connectivity index (χ4v) is 7.52. The minimum absolute atomic E-state index is 0.00624. The van der Waals surface area contributed by atoms with E-state index in [0.717, 1.165) is 31.3 Å². The average Bonchev–Trinajstić information content (AvgIpc) is 3.08. The van der Waals surface area contributed by atoms with Gasteiger partial charge in [-0.25, -0.2) is 17.6 Å². The van der Waals surface area contributed by atoms with Gasteiger partial charge in [-0.2, -0.15) is 8.78 Å². The Morgan fingerprint density at radius 2 is 1.48 bits per heavy atom. The van der Waals surface area contributed by atoms with E-state index in [1.165, 1.54) is 27.5 Å². The molecule has 0 bridgehead atoms. The lowest BCUT2D eigenvalue weighted by Gasteiger charge is -2.44. The predicted octanol–water partition coefficient (Wildman–Crippen LogP) is 3.80. The molecule has 2 atom stereocenters. The van der Waals surface area contributed by atoms with Crippen molar-refractivity contribution < 1.29 is 36.0 Å². The van der Waals surface area contributed by atoms with Crippen LogP contribution in [-0.4, -0.2) is 97.2 Å². The topological polar surface area (TPSA) is 122 Å². The maximum absolute atomic E-state index is 15.3. The van der Waals surface area contributed by atoms with E-state index < -0.39 is 39.9 Å². The molecule has 2 aliphatic heterocycles. The van der Waals surface area contributed by atoms with Crippen LogP contribution in [0.25, 0.3) is 0 Å². The number of nitrogens with zero attached hydrogens (tertiary/aromatic N) is 4. The number of hydrazine groups is 1. The van der Waals surface area contributed by atoms with Gasteiger partial charge >= 0.3 is 18.4 Å². The first kappa shape index (κ1) is 36.8. The summed E-state index contributed by atoms with van der Waals surface area (Å²) in [6.45, 7) is 7.59. The molecule has 50 heavy (non-hydrogen) atoms. The first-order valence-electron chi connectivity index (χ1n) is 16.3. The molecule has 11 nitrogen and oxygen atoms in total. The molecule has 0 aliphatic carbocycles. The molecule has 0 saturated carbocycles. The summed E-state index contributed by atoms with van der Waals surface area (Å²) in [6, 6.07) is 21.3. The highest BCUT2D eigenvalue weighted by atomic mass is 32.2. The van der Waals surface area contributed by atoms with Gasteiger partial charge in [0.05, 0.1) is 18.1 Å². The van der Waals surface area contributed by atoms with Crippen LogP contribution in [0.5, 0.6) is 0 Å². The number of sulfone groups is 1. The summed E-state index contributed by atoms with van der Waals surface area (Å²) in [7, 11) is -3.27. The van der Waals surface area contributed by atoms with Crippen LogP contribution < -0.4 is 15.8 Å². The number of carbonyl (C=O) groups excluding carboxylic acids is 3. The second-order valence-corrected chi connectivity index (χ2v) is 15.1. The summed E-state index contributed by atoms with van der Waals surface area (Å²) in [4.78, 5) is 44.9. The molecule has 2 aliphatic rings. The number of urea groups is 1. The molecule has 0 radical (unpaired) electrons. The van der Waals surface area contributed by atoms with Crippen molar-refractivity contribution in [2.45, 2.75) is 52.0 Å². The first-order valence-corrected chi connectivity index (χ1v) is 18.2. The molecule has 2 N–H and O–H groups in total. The zero-order chi connectivity index (χ0) is 36.0. The van der Waals surface area contributed by atoms with Crippen LogP contribution in [0.15, 0.2) is 72.8 Å². The third kappa shape index (κ3) is 9.40. The van der Waals surface area contributed by atoms with Gasteiger partial charge < -0.3 is 4.90 Å². The average molecular weight is 715 g/mol. The van der Waals surface area contributed by atoms with E-state index in [1.54, 1.807) is 23.0 Å². The normalized spacial score (nSPS) is 19.6. The van der Waals surface area contributed by atoms with Crippen molar-refractivity contribution in [1.29, 1.82) is 0 Å². The number of halogens is 3. The lowest BCUT2D eigenvalue weighted by Crippen LogP contribution is -2.55. The molecule has 3 aromatic carbocycles. The quantitative estimate of drug-likeness (QED) is 0.324. The van der Waals surface area contributed by atoms with Crippen molar-refractivity contribution in [1.82, 2.24) is 25.6 Å². The second kappa shape index (κ2) is 16.0. The van der Waals surface area contributed by atoms with E-state index >= 15 is 4.39 Å². The third-order valence-electron chi connectivity index (χ3n) is 9.03. The van der Waals surface area contributed by atoms with E-state index in [1.807, 2.05) is 30.3 Å². The van der Waals surface area contributed by atoms with E-state index in [4.69, 9.17) is 0 Å². The number of carbonyl (C=O) groups is 3. The maximum atomic E-state index is 15.3. The molecule has 15 heteroatoms. The SMILES string of the molecule is C[C@@H]1CN(Cc2ccccc2)C[C@H](C)N1Cc1ccc(N(Cc2ccc(C(=O)NNC(=O)C(F)F)cc2F)C(=O)N2CCS(=O)(=O)CC2)cc1. The largest absolute Gasteiger partial charge is 0.324 e. The van der Waals surface area contributed by atoms with Crippen LogP contribution in [0.2, 0.25) is 0 Å². The first-order chi connectivity index (χ1) is 23.8. The van der Waals surface area contributed by atoms with Crippen LogP contribution >= 0.6 is 0 Å². The highest BCUT2D eigenvalue weighted by Gasteiger charge is 2.31. The summed E-state index contributed by atoms with van der Waals surface area (Å²) in [5.74, 6) is -3.93. The zero-order valence-electron chi connectivity index (χ0n) is 27.9. The molecular formula is C35H41F3N6O5S. The predicted molar refractivity (Wildman–Crippen MR) is 182 cm³/mol. The number of benzene rings is 3. The Kier molecular flexibility index (Phi) is 11.8. The molecule has 2 heterocycles. The molecule has 4 amide bonds. The summed E-state index contributed by atoms with van der Waals surface area (Å²) in [5, 5.41) is 0. The number of rotatable bonds is 9. The van der Waals surface area contributed by atoms with E-state index in [-0.39, 0.29) is 42.3 Å². The molecule has 5 rings (SSSR count). The number of nitrogens with one attached hydrogen (secondary N) is 2. The van der Waals surface area contributed by atoms with E-state index in [9.17, 15) is 31.6 Å². The number of hydrogen-bond acceptors (Lipinski definition) is 7. The summed E-state index contributed by atoms with van der Waals surface area (Å²) < 4.78 is 64.3. The molecular weight excluding hydrogens is 673 g/mol. The smallest absolute Gasteiger partial charge is 0.322 e. The van der Waals surface area contributed by atoms with Crippen molar-refractivity contribution in [2.75, 3.05) is 42.6 Å². The van der Waals surface area contributed by atoms with Crippen molar-refractivity contribution in [3.05, 3.63) is 101 Å². The number of hydrogen-bond donors (Lipinski definition) is 2. The van der Waals surface area contributed by atoms with Crippen molar-refractivity contribution in [3.63, 3.8) is 0 Å². The van der Waals surface area contributed by atoms with Gasteiger partial charge in [0.15, 0.2) is 9.84 Å². The lowest BCUT2D eigenvalue weighted by molar-refractivity contribution is -0.132. The monoisotopic (exact) mass is 714 g/mol. The number of alkyl halides is 2. The minimum atomic E-state index is -3.35.